The van der Waals surface area contributed by atoms with Gasteiger partial charge in [0.1, 0.15) is 18.2 Å². The summed E-state index contributed by atoms with van der Waals surface area (Å²) in [7, 11) is 0. The van der Waals surface area contributed by atoms with Crippen molar-refractivity contribution in [2.75, 3.05) is 18.5 Å². The first-order chi connectivity index (χ1) is 15.2. The van der Waals surface area contributed by atoms with Gasteiger partial charge >= 0.3 is 0 Å². The Labute approximate surface area is 182 Å². The minimum Gasteiger partial charge on any atom is -0.486 e. The first-order valence-corrected chi connectivity index (χ1v) is 10.7. The Balaban J connectivity index is 1.38. The Hall–Kier alpha value is -3.52. The fourth-order valence-electron chi connectivity index (χ4n) is 3.24. The van der Waals surface area contributed by atoms with Gasteiger partial charge in [-0.25, -0.2) is 9.97 Å². The summed E-state index contributed by atoms with van der Waals surface area (Å²) in [5.41, 5.74) is 1.45. The van der Waals surface area contributed by atoms with Gasteiger partial charge in [-0.3, -0.25) is 4.79 Å². The molecule has 2 aromatic carbocycles. The predicted octanol–water partition coefficient (Wildman–Crippen LogP) is 4.78. The second kappa shape index (κ2) is 8.31. The van der Waals surface area contributed by atoms with E-state index in [2.05, 4.69) is 15.3 Å². The lowest BCUT2D eigenvalue weighted by Gasteiger charge is -2.19. The van der Waals surface area contributed by atoms with Crippen LogP contribution in [-0.2, 0) is 4.79 Å². The molecule has 4 aromatic rings. The summed E-state index contributed by atoms with van der Waals surface area (Å²) in [6.07, 6.45) is 1.59. The van der Waals surface area contributed by atoms with Crippen LogP contribution in [0.1, 0.15) is 6.92 Å². The molecule has 2 aromatic heterocycles. The van der Waals surface area contributed by atoms with Crippen molar-refractivity contribution in [2.45, 2.75) is 17.2 Å². The van der Waals surface area contributed by atoms with E-state index in [1.54, 1.807) is 30.5 Å². The van der Waals surface area contributed by atoms with Gasteiger partial charge in [-0.2, -0.15) is 0 Å². The molecular weight excluding hydrogens is 414 g/mol. The van der Waals surface area contributed by atoms with E-state index in [1.165, 1.54) is 11.8 Å². The van der Waals surface area contributed by atoms with E-state index in [9.17, 15) is 4.79 Å². The van der Waals surface area contributed by atoms with E-state index in [4.69, 9.17) is 13.9 Å². The first kappa shape index (κ1) is 19.4. The van der Waals surface area contributed by atoms with E-state index in [0.717, 1.165) is 15.9 Å². The van der Waals surface area contributed by atoms with E-state index < -0.39 is 5.25 Å². The van der Waals surface area contributed by atoms with Crippen molar-refractivity contribution in [3.8, 4) is 23.1 Å². The molecule has 7 nitrogen and oxygen atoms in total. The molecule has 8 heteroatoms. The average molecular weight is 433 g/mol. The number of para-hydroxylation sites is 1. The zero-order chi connectivity index (χ0) is 21.2. The van der Waals surface area contributed by atoms with Crippen LogP contribution in [0.5, 0.6) is 11.5 Å². The molecule has 0 fully saturated rings. The van der Waals surface area contributed by atoms with E-state index in [0.29, 0.717) is 42.0 Å². The van der Waals surface area contributed by atoms with Gasteiger partial charge in [0.05, 0.1) is 17.0 Å². The SMILES string of the molecule is CC(Sc1nc(-c2ccco2)nc2ccccc12)C(=O)Nc1ccc2c(c1)OCCO2. The van der Waals surface area contributed by atoms with E-state index in [-0.39, 0.29) is 5.91 Å². The van der Waals surface area contributed by atoms with Crippen molar-refractivity contribution >= 4 is 34.3 Å². The van der Waals surface area contributed by atoms with Crippen molar-refractivity contribution in [2.24, 2.45) is 0 Å². The molecule has 0 aliphatic carbocycles. The highest BCUT2D eigenvalue weighted by Gasteiger charge is 2.20. The normalized spacial score (nSPS) is 13.7. The number of nitrogens with zero attached hydrogens (tertiary/aromatic N) is 2. The molecule has 1 aliphatic rings. The average Bonchev–Trinajstić information content (AvgIpc) is 3.34. The van der Waals surface area contributed by atoms with Gasteiger partial charge in [0.25, 0.3) is 0 Å². The number of fused-ring (bicyclic) bond motifs is 2. The van der Waals surface area contributed by atoms with Gasteiger partial charge in [-0.1, -0.05) is 30.0 Å². The lowest BCUT2D eigenvalue weighted by atomic mass is 10.2. The third-order valence-electron chi connectivity index (χ3n) is 4.78. The third kappa shape index (κ3) is 4.06. The van der Waals surface area contributed by atoms with Crippen LogP contribution in [0.4, 0.5) is 5.69 Å². The molecule has 0 spiro atoms. The minimum absolute atomic E-state index is 0.135. The maximum absolute atomic E-state index is 12.9. The molecule has 1 amide bonds. The molecule has 5 rings (SSSR count). The monoisotopic (exact) mass is 433 g/mol. The molecule has 0 saturated heterocycles. The minimum atomic E-state index is -0.393. The predicted molar refractivity (Wildman–Crippen MR) is 119 cm³/mol. The van der Waals surface area contributed by atoms with Crippen molar-refractivity contribution in [3.63, 3.8) is 0 Å². The van der Waals surface area contributed by atoms with Gasteiger partial charge < -0.3 is 19.2 Å². The number of hydrogen-bond acceptors (Lipinski definition) is 7. The van der Waals surface area contributed by atoms with Crippen LogP contribution >= 0.6 is 11.8 Å². The van der Waals surface area contributed by atoms with Gasteiger partial charge in [-0.15, -0.1) is 0 Å². The number of benzene rings is 2. The highest BCUT2D eigenvalue weighted by Crippen LogP contribution is 2.34. The largest absolute Gasteiger partial charge is 0.486 e. The van der Waals surface area contributed by atoms with Crippen LogP contribution in [0.15, 0.2) is 70.3 Å². The fourth-order valence-corrected chi connectivity index (χ4v) is 4.18. The van der Waals surface area contributed by atoms with Crippen LogP contribution in [0.2, 0.25) is 0 Å². The molecule has 156 valence electrons. The Morgan fingerprint density at radius 1 is 1.03 bits per heavy atom. The molecule has 1 unspecified atom stereocenters. The lowest BCUT2D eigenvalue weighted by Crippen LogP contribution is -2.23. The molecule has 0 saturated carbocycles. The van der Waals surface area contributed by atoms with Crippen molar-refractivity contribution in [1.29, 1.82) is 0 Å². The number of carbonyl (C=O) groups excluding carboxylic acids is 1. The zero-order valence-corrected chi connectivity index (χ0v) is 17.5. The summed E-state index contributed by atoms with van der Waals surface area (Å²) in [6, 6.07) is 16.7. The lowest BCUT2D eigenvalue weighted by molar-refractivity contribution is -0.115. The number of ether oxygens (including phenoxy) is 2. The molecule has 1 atom stereocenters. The van der Waals surface area contributed by atoms with E-state index in [1.807, 2.05) is 37.3 Å². The highest BCUT2D eigenvalue weighted by molar-refractivity contribution is 8.00. The number of furan rings is 1. The molecule has 1 aliphatic heterocycles. The van der Waals surface area contributed by atoms with Crippen molar-refractivity contribution in [3.05, 3.63) is 60.9 Å². The summed E-state index contributed by atoms with van der Waals surface area (Å²) < 4.78 is 16.6. The molecule has 0 bridgehead atoms. The number of nitrogens with one attached hydrogen (secondary N) is 1. The van der Waals surface area contributed by atoms with Gasteiger partial charge in [-0.05, 0) is 37.3 Å². The number of hydrogen-bond donors (Lipinski definition) is 1. The van der Waals surface area contributed by atoms with Gasteiger partial charge in [0, 0.05) is 17.1 Å². The number of carbonyl (C=O) groups is 1. The summed E-state index contributed by atoms with van der Waals surface area (Å²) in [5, 5.41) is 4.17. The summed E-state index contributed by atoms with van der Waals surface area (Å²) in [4.78, 5) is 22.1. The molecule has 31 heavy (non-hydrogen) atoms. The topological polar surface area (TPSA) is 86.5 Å². The highest BCUT2D eigenvalue weighted by atomic mass is 32.2. The smallest absolute Gasteiger partial charge is 0.237 e. The molecule has 3 heterocycles. The Bertz CT molecular complexity index is 1240. The van der Waals surface area contributed by atoms with E-state index >= 15 is 0 Å². The Morgan fingerprint density at radius 3 is 2.71 bits per heavy atom. The van der Waals surface area contributed by atoms with Crippen LogP contribution < -0.4 is 14.8 Å². The second-order valence-corrected chi connectivity index (χ2v) is 8.28. The maximum Gasteiger partial charge on any atom is 0.237 e. The Kier molecular flexibility index (Phi) is 5.21. The second-order valence-electron chi connectivity index (χ2n) is 6.95. The van der Waals surface area contributed by atoms with Gasteiger partial charge in [0.2, 0.25) is 5.91 Å². The maximum atomic E-state index is 12.9. The van der Waals surface area contributed by atoms with Crippen molar-refractivity contribution < 1.29 is 18.7 Å². The summed E-state index contributed by atoms with van der Waals surface area (Å²) >= 11 is 1.38. The Morgan fingerprint density at radius 2 is 1.87 bits per heavy atom. The number of thioether (sulfide) groups is 1. The molecule has 0 radical (unpaired) electrons. The quantitative estimate of drug-likeness (QED) is 0.358. The van der Waals surface area contributed by atoms with Gasteiger partial charge in [0.15, 0.2) is 23.1 Å². The number of amides is 1. The summed E-state index contributed by atoms with van der Waals surface area (Å²) in [6.45, 7) is 2.87. The van der Waals surface area contributed by atoms with Crippen molar-refractivity contribution in [1.82, 2.24) is 9.97 Å². The molecule has 1 N–H and O–H groups in total. The van der Waals surface area contributed by atoms with Crippen LogP contribution in [0.25, 0.3) is 22.5 Å². The fraction of sp³-hybridized carbons (Fsp3) is 0.174. The van der Waals surface area contributed by atoms with Crippen LogP contribution in [0, 0.1) is 0 Å². The molecular formula is C23H19N3O4S. The first-order valence-electron chi connectivity index (χ1n) is 9.85. The number of anilines is 1. The van der Waals surface area contributed by atoms with Crippen LogP contribution in [0.3, 0.4) is 0 Å². The zero-order valence-electron chi connectivity index (χ0n) is 16.7. The third-order valence-corrected chi connectivity index (χ3v) is 5.88. The summed E-state index contributed by atoms with van der Waals surface area (Å²) in [5.74, 6) is 2.26. The number of rotatable bonds is 5. The standard InChI is InChI=1S/C23H19N3O4S/c1-14(22(27)24-15-8-9-18-20(13-15)30-12-11-29-18)31-23-16-5-2-3-6-17(16)25-21(26-23)19-7-4-10-28-19/h2-10,13-14H,11-12H2,1H3,(H,24,27). The van der Waals surface area contributed by atoms with Crippen LogP contribution in [-0.4, -0.2) is 34.3 Å². The number of aromatic nitrogens is 2.